The number of ether oxygens (including phenoxy) is 1. The molecule has 1 aliphatic carbocycles. The number of hydrogen-bond acceptors (Lipinski definition) is 5. The van der Waals surface area contributed by atoms with Crippen LogP contribution in [0.2, 0.25) is 0 Å². The summed E-state index contributed by atoms with van der Waals surface area (Å²) in [5.74, 6) is 0.363. The molecule has 2 aromatic rings. The first kappa shape index (κ1) is 20.8. The SMILES string of the molecule is Cc1ccc(SCCNC(=O)COC(=O)CSc2ccc3c(c2)CCC3)cc1. The number of carbonyl (C=O) groups is 2. The van der Waals surface area contributed by atoms with Crippen LogP contribution in [0.5, 0.6) is 0 Å². The molecule has 0 saturated carbocycles. The molecule has 4 nitrogen and oxygen atoms in total. The van der Waals surface area contributed by atoms with Gasteiger partial charge in [-0.15, -0.1) is 23.5 Å². The van der Waals surface area contributed by atoms with Crippen molar-refractivity contribution in [3.63, 3.8) is 0 Å². The minimum absolute atomic E-state index is 0.218. The standard InChI is InChI=1S/C22H25NO3S2/c1-16-5-8-19(9-6-16)27-12-11-23-21(24)14-26-22(25)15-28-20-10-7-17-3-2-4-18(17)13-20/h5-10,13H,2-4,11-12,14-15H2,1H3,(H,23,24). The summed E-state index contributed by atoms with van der Waals surface area (Å²) in [7, 11) is 0. The van der Waals surface area contributed by atoms with Gasteiger partial charge in [-0.25, -0.2) is 0 Å². The molecule has 0 radical (unpaired) electrons. The maximum Gasteiger partial charge on any atom is 0.316 e. The molecule has 2 aromatic carbocycles. The Hall–Kier alpha value is -1.92. The van der Waals surface area contributed by atoms with E-state index in [1.54, 1.807) is 11.8 Å². The Labute approximate surface area is 174 Å². The van der Waals surface area contributed by atoms with Gasteiger partial charge in [0, 0.05) is 22.1 Å². The van der Waals surface area contributed by atoms with Crippen LogP contribution in [0.1, 0.15) is 23.1 Å². The molecular formula is C22H25NO3S2. The Morgan fingerprint density at radius 1 is 1.00 bits per heavy atom. The molecule has 28 heavy (non-hydrogen) atoms. The number of hydrogen-bond donors (Lipinski definition) is 1. The Balaban J connectivity index is 1.27. The van der Waals surface area contributed by atoms with Crippen molar-refractivity contribution in [2.24, 2.45) is 0 Å². The van der Waals surface area contributed by atoms with Crippen molar-refractivity contribution in [1.29, 1.82) is 0 Å². The highest BCUT2D eigenvalue weighted by atomic mass is 32.2. The highest BCUT2D eigenvalue weighted by Gasteiger charge is 2.12. The lowest BCUT2D eigenvalue weighted by Crippen LogP contribution is -2.30. The predicted octanol–water partition coefficient (Wildman–Crippen LogP) is 4.03. The molecule has 0 spiro atoms. The number of amides is 1. The molecule has 0 saturated heterocycles. The summed E-state index contributed by atoms with van der Waals surface area (Å²) in [6, 6.07) is 14.7. The molecule has 1 amide bonds. The molecule has 148 valence electrons. The molecule has 0 aliphatic heterocycles. The van der Waals surface area contributed by atoms with E-state index < -0.39 is 0 Å². The van der Waals surface area contributed by atoms with Gasteiger partial charge in [-0.3, -0.25) is 9.59 Å². The summed E-state index contributed by atoms with van der Waals surface area (Å²) in [6.45, 7) is 2.37. The quantitative estimate of drug-likeness (QED) is 0.381. The summed E-state index contributed by atoms with van der Waals surface area (Å²) in [6.07, 6.45) is 3.49. The van der Waals surface area contributed by atoms with Crippen LogP contribution in [0.25, 0.3) is 0 Å². The molecular weight excluding hydrogens is 390 g/mol. The van der Waals surface area contributed by atoms with Gasteiger partial charge < -0.3 is 10.1 Å². The van der Waals surface area contributed by atoms with Gasteiger partial charge in [-0.2, -0.15) is 0 Å². The smallest absolute Gasteiger partial charge is 0.316 e. The van der Waals surface area contributed by atoms with E-state index >= 15 is 0 Å². The van der Waals surface area contributed by atoms with E-state index in [4.69, 9.17) is 4.74 Å². The van der Waals surface area contributed by atoms with Crippen molar-refractivity contribution in [2.75, 3.05) is 24.7 Å². The Bertz CT molecular complexity index is 821. The average Bonchev–Trinajstić information content (AvgIpc) is 3.17. The van der Waals surface area contributed by atoms with Crippen LogP contribution in [-0.4, -0.2) is 36.5 Å². The van der Waals surface area contributed by atoms with E-state index in [0.29, 0.717) is 6.54 Å². The number of esters is 1. The molecule has 1 aliphatic rings. The van der Waals surface area contributed by atoms with Crippen molar-refractivity contribution in [2.45, 2.75) is 36.0 Å². The second kappa shape index (κ2) is 10.6. The summed E-state index contributed by atoms with van der Waals surface area (Å²) in [5.41, 5.74) is 4.04. The minimum Gasteiger partial charge on any atom is -0.455 e. The van der Waals surface area contributed by atoms with Crippen molar-refractivity contribution < 1.29 is 14.3 Å². The van der Waals surface area contributed by atoms with Gasteiger partial charge >= 0.3 is 5.97 Å². The fourth-order valence-corrected chi connectivity index (χ4v) is 4.54. The van der Waals surface area contributed by atoms with Crippen LogP contribution in [-0.2, 0) is 27.2 Å². The third-order valence-electron chi connectivity index (χ3n) is 4.50. The zero-order valence-corrected chi connectivity index (χ0v) is 17.7. The van der Waals surface area contributed by atoms with Crippen LogP contribution < -0.4 is 5.32 Å². The zero-order valence-electron chi connectivity index (χ0n) is 16.0. The molecule has 6 heteroatoms. The van der Waals surface area contributed by atoms with Gasteiger partial charge in [0.2, 0.25) is 0 Å². The highest BCUT2D eigenvalue weighted by molar-refractivity contribution is 8.00. The summed E-state index contributed by atoms with van der Waals surface area (Å²) >= 11 is 3.14. The minimum atomic E-state index is -0.366. The van der Waals surface area contributed by atoms with Crippen LogP contribution in [0.15, 0.2) is 52.3 Å². The van der Waals surface area contributed by atoms with Crippen LogP contribution in [0.3, 0.4) is 0 Å². The van der Waals surface area contributed by atoms with E-state index in [1.165, 1.54) is 39.8 Å². The van der Waals surface area contributed by atoms with E-state index in [-0.39, 0.29) is 24.2 Å². The van der Waals surface area contributed by atoms with Crippen molar-refractivity contribution in [3.8, 4) is 0 Å². The normalized spacial score (nSPS) is 12.5. The van der Waals surface area contributed by atoms with Gasteiger partial charge in [0.15, 0.2) is 6.61 Å². The molecule has 0 bridgehead atoms. The molecule has 3 rings (SSSR count). The summed E-state index contributed by atoms with van der Waals surface area (Å²) < 4.78 is 5.07. The fraction of sp³-hybridized carbons (Fsp3) is 0.364. The lowest BCUT2D eigenvalue weighted by molar-refractivity contribution is -0.145. The third-order valence-corrected chi connectivity index (χ3v) is 6.49. The van der Waals surface area contributed by atoms with Gasteiger partial charge in [-0.1, -0.05) is 23.8 Å². The average molecular weight is 416 g/mol. The number of aryl methyl sites for hydroxylation is 3. The third kappa shape index (κ3) is 6.60. The largest absolute Gasteiger partial charge is 0.455 e. The van der Waals surface area contributed by atoms with Gasteiger partial charge in [0.1, 0.15) is 0 Å². The number of fused-ring (bicyclic) bond motifs is 1. The number of thioether (sulfide) groups is 2. The maximum absolute atomic E-state index is 11.9. The lowest BCUT2D eigenvalue weighted by atomic mass is 10.1. The number of carbonyl (C=O) groups excluding carboxylic acids is 2. The topological polar surface area (TPSA) is 55.4 Å². The van der Waals surface area contributed by atoms with Crippen LogP contribution in [0, 0.1) is 6.92 Å². The maximum atomic E-state index is 11.9. The number of benzene rings is 2. The van der Waals surface area contributed by atoms with E-state index in [0.717, 1.165) is 23.5 Å². The van der Waals surface area contributed by atoms with Crippen LogP contribution >= 0.6 is 23.5 Å². The molecule has 0 aromatic heterocycles. The summed E-state index contributed by atoms with van der Waals surface area (Å²) in [4.78, 5) is 25.9. The molecule has 0 unspecified atom stereocenters. The van der Waals surface area contributed by atoms with Crippen molar-refractivity contribution >= 4 is 35.4 Å². The van der Waals surface area contributed by atoms with E-state index in [1.807, 2.05) is 0 Å². The zero-order chi connectivity index (χ0) is 19.8. The van der Waals surface area contributed by atoms with E-state index in [9.17, 15) is 9.59 Å². The van der Waals surface area contributed by atoms with Crippen molar-refractivity contribution in [3.05, 3.63) is 59.2 Å². The molecule has 1 N–H and O–H groups in total. The second-order valence-corrected chi connectivity index (χ2v) is 8.96. The van der Waals surface area contributed by atoms with Crippen molar-refractivity contribution in [1.82, 2.24) is 5.32 Å². The van der Waals surface area contributed by atoms with Gasteiger partial charge in [0.05, 0.1) is 5.75 Å². The van der Waals surface area contributed by atoms with E-state index in [2.05, 4.69) is 54.7 Å². The number of nitrogens with one attached hydrogen (secondary N) is 1. The Morgan fingerprint density at radius 3 is 2.57 bits per heavy atom. The lowest BCUT2D eigenvalue weighted by Gasteiger charge is -2.07. The fourth-order valence-electron chi connectivity index (χ4n) is 3.01. The summed E-state index contributed by atoms with van der Waals surface area (Å²) in [5, 5.41) is 2.78. The first-order valence-corrected chi connectivity index (χ1v) is 11.4. The highest BCUT2D eigenvalue weighted by Crippen LogP contribution is 2.27. The first-order valence-electron chi connectivity index (χ1n) is 9.46. The number of rotatable bonds is 9. The van der Waals surface area contributed by atoms with Gasteiger partial charge in [0.25, 0.3) is 5.91 Å². The first-order chi connectivity index (χ1) is 13.6. The Morgan fingerprint density at radius 2 is 1.75 bits per heavy atom. The van der Waals surface area contributed by atoms with Crippen LogP contribution in [0.4, 0.5) is 0 Å². The monoisotopic (exact) mass is 415 g/mol. The second-order valence-electron chi connectivity index (χ2n) is 6.74. The Kier molecular flexibility index (Phi) is 7.86. The molecule has 0 heterocycles. The molecule has 0 fully saturated rings. The van der Waals surface area contributed by atoms with Gasteiger partial charge in [-0.05, 0) is 61.6 Å². The predicted molar refractivity (Wildman–Crippen MR) is 115 cm³/mol. The molecule has 0 atom stereocenters.